The first-order valence-electron chi connectivity index (χ1n) is 5.87. The average Bonchev–Trinajstić information content (AvgIpc) is 2.30. The second kappa shape index (κ2) is 3.33. The Morgan fingerprint density at radius 1 is 1.19 bits per heavy atom. The summed E-state index contributed by atoms with van der Waals surface area (Å²) in [4.78, 5) is 0. The molecule has 1 nitrogen and oxygen atoms in total. The molecule has 0 amide bonds. The highest BCUT2D eigenvalue weighted by Crippen LogP contribution is 2.39. The summed E-state index contributed by atoms with van der Waals surface area (Å²) < 4.78 is 0. The van der Waals surface area contributed by atoms with Crippen LogP contribution in [0.15, 0.2) is 30.3 Å². The molecule has 1 aliphatic rings. The molecule has 82 valence electrons. The second-order valence-electron chi connectivity index (χ2n) is 4.94. The van der Waals surface area contributed by atoms with Gasteiger partial charge in [-0.05, 0) is 46.7 Å². The smallest absolute Gasteiger partial charge is 0.0824 e. The Morgan fingerprint density at radius 2 is 2.00 bits per heavy atom. The second-order valence-corrected chi connectivity index (χ2v) is 4.94. The van der Waals surface area contributed by atoms with Gasteiger partial charge in [0.25, 0.3) is 0 Å². The molecule has 2 unspecified atom stereocenters. The lowest BCUT2D eigenvalue weighted by molar-refractivity contribution is 0.116. The van der Waals surface area contributed by atoms with Gasteiger partial charge in [-0.25, -0.2) is 0 Å². The Labute approximate surface area is 95.7 Å². The lowest BCUT2D eigenvalue weighted by atomic mass is 9.80. The fourth-order valence-electron chi connectivity index (χ4n) is 2.84. The summed E-state index contributed by atoms with van der Waals surface area (Å²) in [6.07, 6.45) is 0.674. The fraction of sp³-hybridized carbons (Fsp3) is 0.333. The molecule has 0 fully saturated rings. The first-order chi connectivity index (χ1) is 7.68. The number of benzene rings is 2. The van der Waals surface area contributed by atoms with Crippen molar-refractivity contribution in [2.24, 2.45) is 5.92 Å². The highest BCUT2D eigenvalue weighted by molar-refractivity contribution is 5.92. The quantitative estimate of drug-likeness (QED) is 0.709. The van der Waals surface area contributed by atoms with Crippen LogP contribution in [-0.4, -0.2) is 5.11 Å². The van der Waals surface area contributed by atoms with Crippen LogP contribution in [0.2, 0.25) is 0 Å². The first kappa shape index (κ1) is 9.86. The first-order valence-corrected chi connectivity index (χ1v) is 5.87. The van der Waals surface area contributed by atoms with E-state index in [-0.39, 0.29) is 6.10 Å². The molecule has 1 heteroatoms. The summed E-state index contributed by atoms with van der Waals surface area (Å²) in [5.41, 5.74) is 3.78. The predicted molar refractivity (Wildman–Crippen MR) is 66.5 cm³/mol. The van der Waals surface area contributed by atoms with E-state index in [1.807, 2.05) is 0 Å². The van der Waals surface area contributed by atoms with Gasteiger partial charge in [0.15, 0.2) is 0 Å². The monoisotopic (exact) mass is 212 g/mol. The SMILES string of the molecule is Cc1ccc2c3c(cccc13)C(O)C(C)C2. The Morgan fingerprint density at radius 3 is 2.81 bits per heavy atom. The van der Waals surface area contributed by atoms with E-state index in [1.54, 1.807) is 0 Å². The summed E-state index contributed by atoms with van der Waals surface area (Å²) in [7, 11) is 0. The molecule has 16 heavy (non-hydrogen) atoms. The van der Waals surface area contributed by atoms with Crippen LogP contribution in [0.5, 0.6) is 0 Å². The van der Waals surface area contributed by atoms with Crippen LogP contribution in [0, 0.1) is 12.8 Å². The van der Waals surface area contributed by atoms with Gasteiger partial charge in [0.05, 0.1) is 6.10 Å². The summed E-state index contributed by atoms with van der Waals surface area (Å²) in [6, 6.07) is 10.7. The number of aliphatic hydroxyl groups excluding tert-OH is 1. The molecule has 2 aromatic rings. The van der Waals surface area contributed by atoms with Gasteiger partial charge in [0.1, 0.15) is 0 Å². The van der Waals surface area contributed by atoms with Crippen LogP contribution in [0.4, 0.5) is 0 Å². The van der Waals surface area contributed by atoms with Crippen molar-refractivity contribution < 1.29 is 5.11 Å². The molecule has 0 aromatic heterocycles. The Bertz CT molecular complexity index is 557. The number of hydrogen-bond donors (Lipinski definition) is 1. The Kier molecular flexibility index (Phi) is 2.05. The molecular weight excluding hydrogens is 196 g/mol. The molecule has 3 rings (SSSR count). The van der Waals surface area contributed by atoms with Crippen molar-refractivity contribution in [3.05, 3.63) is 47.0 Å². The molecule has 1 N–H and O–H groups in total. The molecule has 0 heterocycles. The van der Waals surface area contributed by atoms with Gasteiger partial charge in [0, 0.05) is 0 Å². The Balaban J connectivity index is 2.43. The number of aliphatic hydroxyl groups is 1. The van der Waals surface area contributed by atoms with Crippen molar-refractivity contribution in [2.75, 3.05) is 0 Å². The van der Waals surface area contributed by atoms with E-state index in [9.17, 15) is 5.11 Å². The van der Waals surface area contributed by atoms with Crippen LogP contribution in [-0.2, 0) is 6.42 Å². The number of aryl methyl sites for hydroxylation is 1. The minimum Gasteiger partial charge on any atom is -0.388 e. The lowest BCUT2D eigenvalue weighted by Crippen LogP contribution is -2.17. The van der Waals surface area contributed by atoms with Gasteiger partial charge in [-0.3, -0.25) is 0 Å². The number of rotatable bonds is 0. The maximum atomic E-state index is 10.2. The maximum Gasteiger partial charge on any atom is 0.0824 e. The molecule has 0 spiro atoms. The van der Waals surface area contributed by atoms with Crippen LogP contribution < -0.4 is 0 Å². The standard InChI is InChI=1S/C15H16O/c1-9-6-7-11-8-10(2)15(16)13-5-3-4-12(9)14(11)13/h3-7,10,15-16H,8H2,1-2H3. The zero-order valence-electron chi connectivity index (χ0n) is 9.70. The van der Waals surface area contributed by atoms with Crippen LogP contribution in [0.3, 0.4) is 0 Å². The molecule has 1 aliphatic carbocycles. The van der Waals surface area contributed by atoms with Gasteiger partial charge < -0.3 is 5.11 Å². The van der Waals surface area contributed by atoms with Crippen LogP contribution in [0.1, 0.15) is 29.7 Å². The fourth-order valence-corrected chi connectivity index (χ4v) is 2.84. The van der Waals surface area contributed by atoms with Crippen molar-refractivity contribution in [3.8, 4) is 0 Å². The summed E-state index contributed by atoms with van der Waals surface area (Å²) >= 11 is 0. The van der Waals surface area contributed by atoms with Crippen LogP contribution >= 0.6 is 0 Å². The summed E-state index contributed by atoms with van der Waals surface area (Å²) in [5, 5.41) is 12.8. The lowest BCUT2D eigenvalue weighted by Gasteiger charge is -2.28. The van der Waals surface area contributed by atoms with Crippen molar-refractivity contribution in [1.82, 2.24) is 0 Å². The van der Waals surface area contributed by atoms with Gasteiger partial charge in [-0.2, -0.15) is 0 Å². The van der Waals surface area contributed by atoms with Gasteiger partial charge in [0.2, 0.25) is 0 Å². The van der Waals surface area contributed by atoms with E-state index in [1.165, 1.54) is 21.9 Å². The molecule has 0 saturated heterocycles. The maximum absolute atomic E-state index is 10.2. The average molecular weight is 212 g/mol. The highest BCUT2D eigenvalue weighted by Gasteiger charge is 2.25. The van der Waals surface area contributed by atoms with E-state index in [0.29, 0.717) is 5.92 Å². The minimum atomic E-state index is -0.307. The molecule has 0 bridgehead atoms. The van der Waals surface area contributed by atoms with Crippen molar-refractivity contribution in [2.45, 2.75) is 26.4 Å². The van der Waals surface area contributed by atoms with Crippen LogP contribution in [0.25, 0.3) is 10.8 Å². The van der Waals surface area contributed by atoms with E-state index in [2.05, 4.69) is 44.2 Å². The van der Waals surface area contributed by atoms with E-state index in [0.717, 1.165) is 12.0 Å². The van der Waals surface area contributed by atoms with Gasteiger partial charge in [-0.1, -0.05) is 37.3 Å². The largest absolute Gasteiger partial charge is 0.388 e. The third-order valence-electron chi connectivity index (χ3n) is 3.78. The topological polar surface area (TPSA) is 20.2 Å². The zero-order valence-corrected chi connectivity index (χ0v) is 9.70. The van der Waals surface area contributed by atoms with Crippen molar-refractivity contribution in [3.63, 3.8) is 0 Å². The van der Waals surface area contributed by atoms with Gasteiger partial charge >= 0.3 is 0 Å². The van der Waals surface area contributed by atoms with Gasteiger partial charge in [-0.15, -0.1) is 0 Å². The Hall–Kier alpha value is -1.34. The van der Waals surface area contributed by atoms with E-state index >= 15 is 0 Å². The minimum absolute atomic E-state index is 0.307. The normalized spacial score (nSPS) is 23.7. The number of hydrogen-bond acceptors (Lipinski definition) is 1. The molecule has 2 atom stereocenters. The van der Waals surface area contributed by atoms with Crippen molar-refractivity contribution >= 4 is 10.8 Å². The third kappa shape index (κ3) is 1.21. The third-order valence-corrected chi connectivity index (χ3v) is 3.78. The molecule has 0 saturated carbocycles. The molecular formula is C15H16O. The van der Waals surface area contributed by atoms with Crippen molar-refractivity contribution in [1.29, 1.82) is 0 Å². The zero-order chi connectivity index (χ0) is 11.3. The molecule has 0 aliphatic heterocycles. The highest BCUT2D eigenvalue weighted by atomic mass is 16.3. The summed E-state index contributed by atoms with van der Waals surface area (Å²) in [6.45, 7) is 4.25. The molecule has 0 radical (unpaired) electrons. The van der Waals surface area contributed by atoms with E-state index < -0.39 is 0 Å². The molecule has 2 aromatic carbocycles. The van der Waals surface area contributed by atoms with E-state index in [4.69, 9.17) is 0 Å². The summed E-state index contributed by atoms with van der Waals surface area (Å²) in [5.74, 6) is 0.320. The predicted octanol–water partition coefficient (Wildman–Crippen LogP) is 3.37.